The monoisotopic (exact) mass is 2520 g/mol. The van der Waals surface area contributed by atoms with E-state index in [1.807, 2.05) is 32.0 Å². The summed E-state index contributed by atoms with van der Waals surface area (Å²) in [5, 5.41) is 75.4. The van der Waals surface area contributed by atoms with Crippen molar-refractivity contribution in [2.24, 2.45) is 11.3 Å². The standard InChI is InChI=1S/C10H20O.2C9H16O5.C7H9N.C7H14O4.7Ac.ClHO4/c1-10(2,3)8-4-6-9(11)7-5-8;2*1-4-5(10)6(11)7-8(12-4)14-9(2,3)13-7;1-6-4-3-5-7(2)8-6;1-3-5(8)7(10)6(9)4(2)11-3;;;;;;;;2-1(3,4)5/h8-9,11H,4-7H2,1-3H3;2*4-8,10-11H,1-3H3;3-5H,1-2H3;3-10H,1-2H3;;;;;;;;(H,2,3,4,5). The fourth-order valence-electron chi connectivity index (χ4n) is 7.65. The first-order valence-corrected chi connectivity index (χ1v) is 22.6. The molecule has 6 fully saturated rings. The number of fused-ring (bicyclic) bond motifs is 2. The summed E-state index contributed by atoms with van der Waals surface area (Å²) in [7, 11) is -4.94. The fourth-order valence-corrected chi connectivity index (χ4v) is 7.65. The molecule has 391 valence electrons. The number of aromatic amines is 1. The van der Waals surface area contributed by atoms with E-state index in [0.29, 0.717) is 5.41 Å². The van der Waals surface area contributed by atoms with Crippen LogP contribution >= 0.6 is 0 Å². The zero-order valence-electron chi connectivity index (χ0n) is 42.9. The molecule has 1 aliphatic carbocycles. The smallest absolute Gasteiger partial charge is 0.190 e. The molecule has 9 N–H and O–H groups in total. The number of aromatic nitrogens is 1. The molecule has 1 saturated carbocycles. The molecule has 14 atom stereocenters. The van der Waals surface area contributed by atoms with Crippen LogP contribution in [0.25, 0.3) is 0 Å². The average molecular weight is 2520 g/mol. The molecule has 1 aromatic heterocycles. The Balaban J connectivity index is -0.000000176. The summed E-state index contributed by atoms with van der Waals surface area (Å²) in [6.07, 6.45) is -6.44. The van der Waals surface area contributed by atoms with E-state index >= 15 is 0 Å². The van der Waals surface area contributed by atoms with Crippen molar-refractivity contribution < 1.29 is 416 Å². The maximum absolute atomic E-state index is 9.72. The Labute approximate surface area is 667 Å². The van der Waals surface area contributed by atoms with Gasteiger partial charge in [-0.05, 0) is 98.5 Å². The van der Waals surface area contributed by atoms with Crippen molar-refractivity contribution in [1.82, 2.24) is 0 Å². The molecule has 6 aliphatic rings. The van der Waals surface area contributed by atoms with Gasteiger partial charge >= 0.3 is 0 Å². The molecule has 6 heterocycles. The third kappa shape index (κ3) is 33.5. The van der Waals surface area contributed by atoms with Crippen LogP contribution in [0.2, 0.25) is 0 Å². The maximum atomic E-state index is 9.72. The van der Waals surface area contributed by atoms with Gasteiger partial charge in [0.05, 0.1) is 30.5 Å². The van der Waals surface area contributed by atoms with E-state index in [1.54, 1.807) is 55.4 Å². The maximum Gasteiger partial charge on any atom is 0.190 e. The van der Waals surface area contributed by atoms with Crippen LogP contribution in [0, 0.1) is 344 Å². The topological polar surface area (TPSA) is 333 Å². The van der Waals surface area contributed by atoms with E-state index < -0.39 is 114 Å². The molecule has 1 aromatic rings. The van der Waals surface area contributed by atoms with Crippen molar-refractivity contribution in [2.45, 2.75) is 225 Å². The van der Waals surface area contributed by atoms with Crippen molar-refractivity contribution in [3.8, 4) is 0 Å². The molecule has 0 spiro atoms. The number of hydrogen-bond acceptors (Lipinski definition) is 19. The third-order valence-corrected chi connectivity index (χ3v) is 11.3. The fraction of sp³-hybridized carbons (Fsp3) is 0.881. The number of aliphatic hydroxyl groups excluding tert-OH is 8. The Bertz CT molecular complexity index is 1420. The molecule has 0 amide bonds. The first-order chi connectivity index (χ1) is 28.6. The Kier molecular flexibility index (Phi) is 53.7. The second-order valence-electron chi connectivity index (χ2n) is 18.9. The number of nitrogens with one attached hydrogen (secondary N) is 1. The molecule has 28 heteroatoms. The van der Waals surface area contributed by atoms with Crippen LogP contribution < -0.4 is 23.6 Å². The molecule has 7 rings (SSSR count). The van der Waals surface area contributed by atoms with E-state index in [0.717, 1.165) is 18.8 Å². The minimum atomic E-state index is -4.94. The first kappa shape index (κ1) is 90.0. The molecule has 20 nitrogen and oxygen atoms in total. The van der Waals surface area contributed by atoms with E-state index in [2.05, 4.69) is 25.8 Å². The number of hydrogen-bond donors (Lipinski definition) is 8. The second kappa shape index (κ2) is 41.8. The third-order valence-electron chi connectivity index (χ3n) is 11.3. The number of pyridine rings is 1. The zero-order chi connectivity index (χ0) is 48.6. The predicted molar refractivity (Wildman–Crippen MR) is 211 cm³/mol. The van der Waals surface area contributed by atoms with Gasteiger partial charge in [0.15, 0.2) is 35.5 Å². The van der Waals surface area contributed by atoms with Gasteiger partial charge in [0, 0.05) is 334 Å². The Hall–Kier alpha value is 8.77. The van der Waals surface area contributed by atoms with E-state index in [-0.39, 0.29) is 315 Å². The number of rotatable bonds is 0. The van der Waals surface area contributed by atoms with Crippen LogP contribution in [0.1, 0.15) is 113 Å². The predicted octanol–water partition coefficient (Wildman–Crippen LogP) is -2.97. The summed E-state index contributed by atoms with van der Waals surface area (Å²) < 4.78 is 71.5. The van der Waals surface area contributed by atoms with Crippen LogP contribution in [0.3, 0.4) is 0 Å². The Morgan fingerprint density at radius 1 is 0.500 bits per heavy atom. The summed E-state index contributed by atoms with van der Waals surface area (Å²) in [5.74, 6) is -0.703. The molecule has 14 unspecified atom stereocenters. The summed E-state index contributed by atoms with van der Waals surface area (Å²) >= 11 is 0. The van der Waals surface area contributed by atoms with Crippen LogP contribution in [0.15, 0.2) is 18.2 Å². The second-order valence-corrected chi connectivity index (χ2v) is 19.6. The van der Waals surface area contributed by atoms with Gasteiger partial charge in [-0.25, -0.2) is 23.6 Å². The number of H-pyrrole nitrogens is 1. The molecule has 0 aromatic carbocycles. The van der Waals surface area contributed by atoms with E-state index in [4.69, 9.17) is 51.8 Å². The van der Waals surface area contributed by atoms with Gasteiger partial charge < -0.3 is 74.0 Å². The Morgan fingerprint density at radius 2 is 0.786 bits per heavy atom. The van der Waals surface area contributed by atoms with Crippen molar-refractivity contribution in [2.75, 3.05) is 0 Å². The van der Waals surface area contributed by atoms with Crippen molar-refractivity contribution in [3.63, 3.8) is 0 Å². The summed E-state index contributed by atoms with van der Waals surface area (Å²) in [5.41, 5.74) is 2.87. The molecular weight excluding hydrogens is 2450 g/mol. The minimum absolute atomic E-state index is 0. The van der Waals surface area contributed by atoms with Crippen LogP contribution in [0.4, 0.5) is 0 Å². The van der Waals surface area contributed by atoms with Crippen LogP contribution in [0.5, 0.6) is 0 Å². The summed E-state index contributed by atoms with van der Waals surface area (Å²) in [6, 6.07) is 6.14. The van der Waals surface area contributed by atoms with Gasteiger partial charge in [-0.3, -0.25) is 0 Å². The normalized spacial score (nSPS) is 36.2. The molecular formula is C42H76Ac7ClNO19. The molecule has 0 bridgehead atoms. The molecule has 70 heavy (non-hydrogen) atoms. The van der Waals surface area contributed by atoms with E-state index in [9.17, 15) is 40.9 Å². The quantitative estimate of drug-likeness (QED) is 0.129. The van der Waals surface area contributed by atoms with Gasteiger partial charge in [-0.15, -0.1) is 10.2 Å². The number of ether oxygens (including phenoxy) is 7. The van der Waals surface area contributed by atoms with Gasteiger partial charge in [0.1, 0.15) is 54.9 Å². The molecule has 7 radical (unpaired) electrons. The number of halogens is 1. The first-order valence-electron chi connectivity index (χ1n) is 21.3. The number of aliphatic hydroxyl groups is 8. The Morgan fingerprint density at radius 3 is 1.06 bits per heavy atom. The summed E-state index contributed by atoms with van der Waals surface area (Å²) in [6.45, 7) is 24.7. The molecule has 5 aliphatic heterocycles. The zero-order valence-corrected chi connectivity index (χ0v) is 76.8. The van der Waals surface area contributed by atoms with Gasteiger partial charge in [0.25, 0.3) is 0 Å². The van der Waals surface area contributed by atoms with Gasteiger partial charge in [0.2, 0.25) is 0 Å². The van der Waals surface area contributed by atoms with Crippen LogP contribution in [-0.4, -0.2) is 150 Å². The largest absolute Gasteiger partial charge is 0.393 e. The SMILES string of the molecule is CC(C)(C)C1CCC(O)CC1.CC1OC(C)C(O)C(O)C1O.CC1OC2OC(C)(C)OC2C(O)C1O.CC1OC2OC(C)(C)OC2C(O)C1O.Cc1cccc(C)[nH+]1.[Ac].[Ac].[Ac].[Ac].[Ac].[Ac].[Ac].[O-][Cl+3]([O-])([O-])[O-]. The van der Waals surface area contributed by atoms with Crippen molar-refractivity contribution in [3.05, 3.63) is 29.6 Å². The van der Waals surface area contributed by atoms with E-state index in [1.165, 1.54) is 24.2 Å². The summed E-state index contributed by atoms with van der Waals surface area (Å²) in [4.78, 5) is 3.17. The van der Waals surface area contributed by atoms with Gasteiger partial charge in [-0.2, -0.15) is 0 Å². The molecule has 5 saturated heterocycles. The van der Waals surface area contributed by atoms with Crippen molar-refractivity contribution in [1.29, 1.82) is 0 Å². The average Bonchev–Trinajstić information content (AvgIpc) is 3.64. The number of aryl methyl sites for hydroxylation is 2. The van der Waals surface area contributed by atoms with Gasteiger partial charge in [-0.1, -0.05) is 20.8 Å². The minimum Gasteiger partial charge on any atom is -0.393 e. The van der Waals surface area contributed by atoms with Crippen LogP contribution in [-0.2, 0) is 33.2 Å². The van der Waals surface area contributed by atoms with Crippen molar-refractivity contribution >= 4 is 0 Å².